The zero-order valence-electron chi connectivity index (χ0n) is 8.28. The molecule has 1 aromatic heterocycles. The van der Waals surface area contributed by atoms with Crippen LogP contribution in [0.3, 0.4) is 0 Å². The van der Waals surface area contributed by atoms with E-state index >= 15 is 0 Å². The average Bonchev–Trinajstić information content (AvgIpc) is 2.74. The number of halogens is 1. The van der Waals surface area contributed by atoms with Gasteiger partial charge in [0.2, 0.25) is 0 Å². The predicted molar refractivity (Wildman–Crippen MR) is 55.9 cm³/mol. The molecule has 1 saturated carbocycles. The topological polar surface area (TPSA) is 55.1 Å². The standard InChI is InChI=1S/C10H13ClN2O2/c11-7-1-3-8(4-2-7)12-10(14)9-5-6-15-13-9/h5-8H,1-4H2,(H,12,14). The van der Waals surface area contributed by atoms with Gasteiger partial charge in [-0.15, -0.1) is 11.6 Å². The summed E-state index contributed by atoms with van der Waals surface area (Å²) in [6, 6.07) is 1.78. The predicted octanol–water partition coefficient (Wildman–Crippen LogP) is 1.95. The summed E-state index contributed by atoms with van der Waals surface area (Å²) in [6.45, 7) is 0. The van der Waals surface area contributed by atoms with Crippen LogP contribution in [0.15, 0.2) is 16.9 Å². The molecule has 1 aliphatic rings. The largest absolute Gasteiger partial charge is 0.364 e. The SMILES string of the molecule is O=C(NC1CCC(Cl)CC1)c1ccon1. The normalized spacial score (nSPS) is 26.2. The Labute approximate surface area is 93.0 Å². The molecule has 0 radical (unpaired) electrons. The summed E-state index contributed by atoms with van der Waals surface area (Å²) >= 11 is 5.98. The maximum atomic E-state index is 11.6. The Bertz CT molecular complexity index is 318. The van der Waals surface area contributed by atoms with Gasteiger partial charge in [-0.25, -0.2) is 0 Å². The Kier molecular flexibility index (Phi) is 3.26. The van der Waals surface area contributed by atoms with Gasteiger partial charge in [0.15, 0.2) is 5.69 Å². The third kappa shape index (κ3) is 2.72. The summed E-state index contributed by atoms with van der Waals surface area (Å²) in [5, 5.41) is 6.77. The Balaban J connectivity index is 1.85. The van der Waals surface area contributed by atoms with Crippen molar-refractivity contribution in [3.05, 3.63) is 18.0 Å². The molecule has 1 aromatic rings. The summed E-state index contributed by atoms with van der Waals surface area (Å²) in [5.74, 6) is -0.165. The molecule has 5 heteroatoms. The second-order valence-corrected chi connectivity index (χ2v) is 4.42. The molecule has 2 rings (SSSR count). The molecular weight excluding hydrogens is 216 g/mol. The van der Waals surface area contributed by atoms with E-state index < -0.39 is 0 Å². The highest BCUT2D eigenvalue weighted by atomic mass is 35.5. The van der Waals surface area contributed by atoms with E-state index in [9.17, 15) is 4.79 Å². The molecule has 0 bridgehead atoms. The van der Waals surface area contributed by atoms with E-state index in [1.165, 1.54) is 6.26 Å². The summed E-state index contributed by atoms with van der Waals surface area (Å²) in [6.07, 6.45) is 5.21. The Morgan fingerprint density at radius 1 is 1.47 bits per heavy atom. The van der Waals surface area contributed by atoms with Crippen molar-refractivity contribution in [3.8, 4) is 0 Å². The fourth-order valence-electron chi connectivity index (χ4n) is 1.79. The molecule has 0 saturated heterocycles. The first-order valence-corrected chi connectivity index (χ1v) is 5.54. The van der Waals surface area contributed by atoms with Gasteiger partial charge in [0.25, 0.3) is 5.91 Å². The van der Waals surface area contributed by atoms with Gasteiger partial charge in [-0.05, 0) is 25.7 Å². The van der Waals surface area contributed by atoms with E-state index in [1.807, 2.05) is 0 Å². The highest BCUT2D eigenvalue weighted by molar-refractivity contribution is 6.20. The first-order chi connectivity index (χ1) is 7.25. The van der Waals surface area contributed by atoms with Gasteiger partial charge in [0.1, 0.15) is 6.26 Å². The van der Waals surface area contributed by atoms with Crippen LogP contribution in [0.2, 0.25) is 0 Å². The highest BCUT2D eigenvalue weighted by Crippen LogP contribution is 2.22. The van der Waals surface area contributed by atoms with E-state index in [1.54, 1.807) is 6.07 Å². The molecule has 1 aliphatic carbocycles. The van der Waals surface area contributed by atoms with Crippen molar-refractivity contribution in [3.63, 3.8) is 0 Å². The molecule has 0 spiro atoms. The molecule has 1 N–H and O–H groups in total. The van der Waals surface area contributed by atoms with Gasteiger partial charge in [0, 0.05) is 17.5 Å². The minimum absolute atomic E-state index is 0.165. The van der Waals surface area contributed by atoms with E-state index in [0.29, 0.717) is 5.69 Å². The third-order valence-electron chi connectivity index (χ3n) is 2.66. The summed E-state index contributed by atoms with van der Waals surface area (Å²) in [4.78, 5) is 11.6. The summed E-state index contributed by atoms with van der Waals surface area (Å²) in [5.41, 5.74) is 0.336. The number of nitrogens with zero attached hydrogens (tertiary/aromatic N) is 1. The number of amides is 1. The average molecular weight is 229 g/mol. The number of nitrogens with one attached hydrogen (secondary N) is 1. The van der Waals surface area contributed by atoms with Crippen molar-refractivity contribution in [2.24, 2.45) is 0 Å². The molecule has 4 nitrogen and oxygen atoms in total. The summed E-state index contributed by atoms with van der Waals surface area (Å²) < 4.78 is 4.61. The van der Waals surface area contributed by atoms with Crippen molar-refractivity contribution in [2.75, 3.05) is 0 Å². The summed E-state index contributed by atoms with van der Waals surface area (Å²) in [7, 11) is 0. The van der Waals surface area contributed by atoms with E-state index in [-0.39, 0.29) is 17.3 Å². The van der Waals surface area contributed by atoms with Gasteiger partial charge in [-0.2, -0.15) is 0 Å². The molecule has 15 heavy (non-hydrogen) atoms. The quantitative estimate of drug-likeness (QED) is 0.788. The van der Waals surface area contributed by atoms with Crippen LogP contribution < -0.4 is 5.32 Å². The number of aromatic nitrogens is 1. The number of alkyl halides is 1. The van der Waals surface area contributed by atoms with Crippen molar-refractivity contribution in [1.29, 1.82) is 0 Å². The van der Waals surface area contributed by atoms with Crippen LogP contribution >= 0.6 is 11.6 Å². The molecule has 0 atom stereocenters. The lowest BCUT2D eigenvalue weighted by Gasteiger charge is -2.25. The van der Waals surface area contributed by atoms with Gasteiger partial charge in [-0.1, -0.05) is 5.16 Å². The van der Waals surface area contributed by atoms with Gasteiger partial charge >= 0.3 is 0 Å². The molecular formula is C10H13ClN2O2. The van der Waals surface area contributed by atoms with Crippen LogP contribution in [-0.4, -0.2) is 22.5 Å². The Morgan fingerprint density at radius 3 is 2.80 bits per heavy atom. The maximum absolute atomic E-state index is 11.6. The van der Waals surface area contributed by atoms with Gasteiger partial charge in [-0.3, -0.25) is 4.79 Å². The highest BCUT2D eigenvalue weighted by Gasteiger charge is 2.21. The van der Waals surface area contributed by atoms with Crippen LogP contribution in [0.1, 0.15) is 36.2 Å². The maximum Gasteiger partial charge on any atom is 0.273 e. The van der Waals surface area contributed by atoms with E-state index in [0.717, 1.165) is 25.7 Å². The van der Waals surface area contributed by atoms with Crippen LogP contribution in [0, 0.1) is 0 Å². The van der Waals surface area contributed by atoms with Crippen molar-refractivity contribution in [1.82, 2.24) is 10.5 Å². The van der Waals surface area contributed by atoms with Crippen molar-refractivity contribution >= 4 is 17.5 Å². The Hall–Kier alpha value is -1.03. The van der Waals surface area contributed by atoms with Crippen molar-refractivity contribution in [2.45, 2.75) is 37.1 Å². The van der Waals surface area contributed by atoms with Crippen LogP contribution in [0.5, 0.6) is 0 Å². The molecule has 0 aromatic carbocycles. The lowest BCUT2D eigenvalue weighted by atomic mass is 9.95. The fourth-order valence-corrected chi connectivity index (χ4v) is 2.04. The molecule has 0 aliphatic heterocycles. The fraction of sp³-hybridized carbons (Fsp3) is 0.600. The zero-order chi connectivity index (χ0) is 10.7. The minimum atomic E-state index is -0.165. The number of hydrogen-bond acceptors (Lipinski definition) is 3. The monoisotopic (exact) mass is 228 g/mol. The second-order valence-electron chi connectivity index (χ2n) is 3.81. The van der Waals surface area contributed by atoms with Gasteiger partial charge < -0.3 is 9.84 Å². The third-order valence-corrected chi connectivity index (χ3v) is 3.10. The first kappa shape index (κ1) is 10.5. The lowest BCUT2D eigenvalue weighted by molar-refractivity contribution is 0.0919. The van der Waals surface area contributed by atoms with Crippen LogP contribution in [0.4, 0.5) is 0 Å². The molecule has 1 fully saturated rings. The number of carbonyl (C=O) groups is 1. The zero-order valence-corrected chi connectivity index (χ0v) is 9.04. The lowest BCUT2D eigenvalue weighted by Crippen LogP contribution is -2.37. The number of carbonyl (C=O) groups excluding carboxylic acids is 1. The molecule has 1 heterocycles. The molecule has 1 amide bonds. The van der Waals surface area contributed by atoms with E-state index in [2.05, 4.69) is 15.0 Å². The van der Waals surface area contributed by atoms with E-state index in [4.69, 9.17) is 11.6 Å². The minimum Gasteiger partial charge on any atom is -0.364 e. The Morgan fingerprint density at radius 2 is 2.20 bits per heavy atom. The molecule has 0 unspecified atom stereocenters. The smallest absolute Gasteiger partial charge is 0.273 e. The number of hydrogen-bond donors (Lipinski definition) is 1. The number of rotatable bonds is 2. The van der Waals surface area contributed by atoms with Crippen molar-refractivity contribution < 1.29 is 9.32 Å². The van der Waals surface area contributed by atoms with Crippen LogP contribution in [0.25, 0.3) is 0 Å². The molecule has 82 valence electrons. The van der Waals surface area contributed by atoms with Gasteiger partial charge in [0.05, 0.1) is 0 Å². The first-order valence-electron chi connectivity index (χ1n) is 5.11. The van der Waals surface area contributed by atoms with Crippen LogP contribution in [-0.2, 0) is 0 Å². The second kappa shape index (κ2) is 4.66.